The quantitative estimate of drug-likeness (QED) is 0.709. The highest BCUT2D eigenvalue weighted by molar-refractivity contribution is 7.90. The molecule has 1 aliphatic carbocycles. The van der Waals surface area contributed by atoms with Crippen LogP contribution in [0.1, 0.15) is 32.6 Å². The van der Waals surface area contributed by atoms with Gasteiger partial charge in [-0.3, -0.25) is 0 Å². The predicted octanol–water partition coefficient (Wildman–Crippen LogP) is 0.209. The number of sulfonamides is 1. The third-order valence-electron chi connectivity index (χ3n) is 3.02. The Balaban J connectivity index is 1.89. The fourth-order valence-corrected chi connectivity index (χ4v) is 3.59. The zero-order chi connectivity index (χ0) is 10.2. The lowest BCUT2D eigenvalue weighted by Gasteiger charge is -2.20. The molecule has 1 heterocycles. The van der Waals surface area contributed by atoms with E-state index in [-0.39, 0.29) is 11.3 Å². The fourth-order valence-electron chi connectivity index (χ4n) is 1.95. The number of rotatable bonds is 4. The Morgan fingerprint density at radius 2 is 2.07 bits per heavy atom. The molecule has 0 radical (unpaired) electrons. The SMILES string of the molecule is CC(NS(=O)(=O)C1CC1)C1CCCN1. The molecule has 0 bridgehead atoms. The van der Waals surface area contributed by atoms with Crippen molar-refractivity contribution in [3.8, 4) is 0 Å². The van der Waals surface area contributed by atoms with Gasteiger partial charge in [-0.1, -0.05) is 0 Å². The molecule has 14 heavy (non-hydrogen) atoms. The van der Waals surface area contributed by atoms with Crippen LogP contribution in [0, 0.1) is 0 Å². The maximum atomic E-state index is 11.6. The molecule has 2 fully saturated rings. The average molecular weight is 218 g/mol. The van der Waals surface area contributed by atoms with Gasteiger partial charge in [0.2, 0.25) is 10.0 Å². The molecule has 2 rings (SSSR count). The van der Waals surface area contributed by atoms with Crippen molar-refractivity contribution in [3.63, 3.8) is 0 Å². The first kappa shape index (κ1) is 10.4. The first-order chi connectivity index (χ1) is 6.59. The predicted molar refractivity (Wildman–Crippen MR) is 55.6 cm³/mol. The second kappa shape index (κ2) is 3.79. The minimum absolute atomic E-state index is 0.0306. The maximum absolute atomic E-state index is 11.6. The summed E-state index contributed by atoms with van der Waals surface area (Å²) in [5.74, 6) is 0. The van der Waals surface area contributed by atoms with Crippen molar-refractivity contribution < 1.29 is 8.42 Å². The lowest BCUT2D eigenvalue weighted by atomic mass is 10.1. The molecule has 2 atom stereocenters. The van der Waals surface area contributed by atoms with Crippen LogP contribution in [-0.4, -0.2) is 32.3 Å². The van der Waals surface area contributed by atoms with E-state index < -0.39 is 10.0 Å². The summed E-state index contributed by atoms with van der Waals surface area (Å²) < 4.78 is 26.0. The number of hydrogen-bond acceptors (Lipinski definition) is 3. The van der Waals surface area contributed by atoms with Gasteiger partial charge in [-0.15, -0.1) is 0 Å². The van der Waals surface area contributed by atoms with Crippen LogP contribution in [0.25, 0.3) is 0 Å². The van der Waals surface area contributed by atoms with Crippen LogP contribution in [0.2, 0.25) is 0 Å². The summed E-state index contributed by atoms with van der Waals surface area (Å²) in [6.07, 6.45) is 3.90. The van der Waals surface area contributed by atoms with Gasteiger partial charge >= 0.3 is 0 Å². The van der Waals surface area contributed by atoms with E-state index in [0.717, 1.165) is 32.2 Å². The summed E-state index contributed by atoms with van der Waals surface area (Å²) in [4.78, 5) is 0. The van der Waals surface area contributed by atoms with Gasteiger partial charge in [0.25, 0.3) is 0 Å². The van der Waals surface area contributed by atoms with E-state index >= 15 is 0 Å². The third-order valence-corrected chi connectivity index (χ3v) is 5.06. The molecule has 0 aromatic rings. The van der Waals surface area contributed by atoms with Crippen molar-refractivity contribution in [2.24, 2.45) is 0 Å². The Bertz CT molecular complexity index is 292. The zero-order valence-electron chi connectivity index (χ0n) is 8.49. The van der Waals surface area contributed by atoms with Crippen molar-refractivity contribution in [2.45, 2.75) is 49.9 Å². The molecular weight excluding hydrogens is 200 g/mol. The molecule has 2 aliphatic rings. The molecule has 1 aliphatic heterocycles. The lowest BCUT2D eigenvalue weighted by molar-refractivity contribution is 0.470. The molecule has 4 nitrogen and oxygen atoms in total. The Labute approximate surface area is 85.5 Å². The van der Waals surface area contributed by atoms with E-state index in [1.807, 2.05) is 6.92 Å². The summed E-state index contributed by atoms with van der Waals surface area (Å²) in [5.41, 5.74) is 0. The molecule has 0 spiro atoms. The van der Waals surface area contributed by atoms with Gasteiger partial charge in [0, 0.05) is 12.1 Å². The fraction of sp³-hybridized carbons (Fsp3) is 1.00. The summed E-state index contributed by atoms with van der Waals surface area (Å²) in [7, 11) is -3.01. The Kier molecular flexibility index (Phi) is 2.81. The number of nitrogens with one attached hydrogen (secondary N) is 2. The van der Waals surface area contributed by atoms with Gasteiger partial charge in [-0.2, -0.15) is 0 Å². The molecule has 1 saturated carbocycles. The number of hydrogen-bond donors (Lipinski definition) is 2. The molecule has 1 saturated heterocycles. The van der Waals surface area contributed by atoms with Crippen molar-refractivity contribution in [1.82, 2.24) is 10.0 Å². The van der Waals surface area contributed by atoms with Gasteiger partial charge in [0.05, 0.1) is 5.25 Å². The smallest absolute Gasteiger partial charge is 0.214 e. The van der Waals surface area contributed by atoms with Crippen molar-refractivity contribution in [1.29, 1.82) is 0 Å². The molecule has 2 unspecified atom stereocenters. The summed E-state index contributed by atoms with van der Waals surface area (Å²) in [5, 5.41) is 3.21. The van der Waals surface area contributed by atoms with Crippen LogP contribution < -0.4 is 10.0 Å². The molecule has 5 heteroatoms. The van der Waals surface area contributed by atoms with E-state index in [2.05, 4.69) is 10.0 Å². The van der Waals surface area contributed by atoms with E-state index in [4.69, 9.17) is 0 Å². The minimum atomic E-state index is -3.01. The molecule has 0 amide bonds. The van der Waals surface area contributed by atoms with Gasteiger partial charge in [-0.25, -0.2) is 13.1 Å². The van der Waals surface area contributed by atoms with Crippen LogP contribution in [0.5, 0.6) is 0 Å². The van der Waals surface area contributed by atoms with Crippen LogP contribution in [0.4, 0.5) is 0 Å². The third kappa shape index (κ3) is 2.27. The summed E-state index contributed by atoms with van der Waals surface area (Å²) in [6.45, 7) is 2.96. The first-order valence-electron chi connectivity index (χ1n) is 5.34. The van der Waals surface area contributed by atoms with Gasteiger partial charge in [0.1, 0.15) is 0 Å². The highest BCUT2D eigenvalue weighted by atomic mass is 32.2. The van der Waals surface area contributed by atoms with E-state index in [1.165, 1.54) is 0 Å². The first-order valence-corrected chi connectivity index (χ1v) is 6.89. The van der Waals surface area contributed by atoms with Crippen LogP contribution in [0.3, 0.4) is 0 Å². The molecular formula is C9H18N2O2S. The largest absolute Gasteiger partial charge is 0.312 e. The van der Waals surface area contributed by atoms with Crippen molar-refractivity contribution >= 4 is 10.0 Å². The molecule has 0 aromatic carbocycles. The van der Waals surface area contributed by atoms with E-state index in [9.17, 15) is 8.42 Å². The van der Waals surface area contributed by atoms with Gasteiger partial charge < -0.3 is 5.32 Å². The van der Waals surface area contributed by atoms with Crippen molar-refractivity contribution in [3.05, 3.63) is 0 Å². The van der Waals surface area contributed by atoms with Gasteiger partial charge in [0.15, 0.2) is 0 Å². The molecule has 0 aromatic heterocycles. The Morgan fingerprint density at radius 1 is 1.36 bits per heavy atom. The Hall–Kier alpha value is -0.130. The topological polar surface area (TPSA) is 58.2 Å². The Morgan fingerprint density at radius 3 is 2.57 bits per heavy atom. The molecule has 82 valence electrons. The zero-order valence-corrected chi connectivity index (χ0v) is 9.31. The average Bonchev–Trinajstić information content (AvgIpc) is 2.82. The second-order valence-corrected chi connectivity index (χ2v) is 6.35. The second-order valence-electron chi connectivity index (χ2n) is 4.35. The van der Waals surface area contributed by atoms with E-state index in [0.29, 0.717) is 6.04 Å². The van der Waals surface area contributed by atoms with Crippen LogP contribution in [0.15, 0.2) is 0 Å². The maximum Gasteiger partial charge on any atom is 0.214 e. The monoisotopic (exact) mass is 218 g/mol. The summed E-state index contributed by atoms with van der Waals surface area (Å²) >= 11 is 0. The standard InChI is InChI=1S/C9H18N2O2S/c1-7(9-3-2-6-10-9)11-14(12,13)8-4-5-8/h7-11H,2-6H2,1H3. The summed E-state index contributed by atoms with van der Waals surface area (Å²) in [6, 6.07) is 0.353. The van der Waals surface area contributed by atoms with E-state index in [1.54, 1.807) is 0 Å². The van der Waals surface area contributed by atoms with Gasteiger partial charge in [-0.05, 0) is 39.2 Å². The van der Waals surface area contributed by atoms with Crippen molar-refractivity contribution in [2.75, 3.05) is 6.54 Å². The van der Waals surface area contributed by atoms with Crippen LogP contribution in [-0.2, 0) is 10.0 Å². The highest BCUT2D eigenvalue weighted by Crippen LogP contribution is 2.28. The normalized spacial score (nSPS) is 30.5. The molecule has 2 N–H and O–H groups in total. The lowest BCUT2D eigenvalue weighted by Crippen LogP contribution is -2.46. The highest BCUT2D eigenvalue weighted by Gasteiger charge is 2.37. The van der Waals surface area contributed by atoms with Crippen LogP contribution >= 0.6 is 0 Å². The minimum Gasteiger partial charge on any atom is -0.312 e.